The molecule has 10 heteroatoms. The van der Waals surface area contributed by atoms with Crippen molar-refractivity contribution >= 4 is 12.0 Å². The number of urea groups is 1. The summed E-state index contributed by atoms with van der Waals surface area (Å²) in [6, 6.07) is -1.77. The number of hydrogen-bond acceptors (Lipinski definition) is 6. The Morgan fingerprint density at radius 2 is 2.33 bits per heavy atom. The second-order valence-corrected chi connectivity index (χ2v) is 4.22. The van der Waals surface area contributed by atoms with Gasteiger partial charge in [-0.25, -0.2) is 9.59 Å². The van der Waals surface area contributed by atoms with E-state index in [9.17, 15) is 9.59 Å². The predicted octanol–water partition coefficient (Wildman–Crippen LogP) is -0.529. The van der Waals surface area contributed by atoms with E-state index in [2.05, 4.69) is 30.4 Å². The van der Waals surface area contributed by atoms with Gasteiger partial charge in [-0.15, -0.1) is 0 Å². The lowest BCUT2D eigenvalue weighted by molar-refractivity contribution is -0.139. The van der Waals surface area contributed by atoms with Crippen LogP contribution in [0.1, 0.15) is 17.4 Å². The Bertz CT molecular complexity index is 608. The van der Waals surface area contributed by atoms with E-state index in [4.69, 9.17) is 5.11 Å². The van der Waals surface area contributed by atoms with E-state index in [-0.39, 0.29) is 6.54 Å². The molecule has 0 saturated heterocycles. The maximum Gasteiger partial charge on any atom is 0.331 e. The van der Waals surface area contributed by atoms with Gasteiger partial charge in [-0.2, -0.15) is 10.1 Å². The number of carboxylic acids is 1. The van der Waals surface area contributed by atoms with Gasteiger partial charge in [-0.1, -0.05) is 5.16 Å². The molecule has 2 heterocycles. The van der Waals surface area contributed by atoms with E-state index in [0.717, 1.165) is 0 Å². The molecule has 0 aliphatic carbocycles. The summed E-state index contributed by atoms with van der Waals surface area (Å²) in [7, 11) is 1.66. The van der Waals surface area contributed by atoms with Gasteiger partial charge in [0.05, 0.1) is 6.20 Å². The molecule has 0 aliphatic heterocycles. The number of nitrogens with zero attached hydrogens (tertiary/aromatic N) is 4. The van der Waals surface area contributed by atoms with Gasteiger partial charge in [0.15, 0.2) is 11.9 Å². The molecule has 1 atom stereocenters. The van der Waals surface area contributed by atoms with Crippen LogP contribution in [-0.2, 0) is 18.3 Å². The number of amides is 2. The van der Waals surface area contributed by atoms with Gasteiger partial charge in [0.2, 0.25) is 6.39 Å². The van der Waals surface area contributed by atoms with Gasteiger partial charge in [0, 0.05) is 31.8 Å². The Labute approximate surface area is 119 Å². The van der Waals surface area contributed by atoms with E-state index in [0.29, 0.717) is 17.8 Å². The highest BCUT2D eigenvalue weighted by Crippen LogP contribution is 2.11. The molecule has 21 heavy (non-hydrogen) atoms. The summed E-state index contributed by atoms with van der Waals surface area (Å²) in [4.78, 5) is 26.7. The number of carboxylic acid groups (broad SMARTS) is 1. The van der Waals surface area contributed by atoms with Gasteiger partial charge >= 0.3 is 12.0 Å². The van der Waals surface area contributed by atoms with Crippen molar-refractivity contribution in [2.75, 3.05) is 6.54 Å². The van der Waals surface area contributed by atoms with Gasteiger partial charge in [-0.05, 0) is 0 Å². The maximum atomic E-state index is 11.7. The molecule has 10 nitrogen and oxygen atoms in total. The van der Waals surface area contributed by atoms with Crippen molar-refractivity contribution in [3.63, 3.8) is 0 Å². The number of aliphatic carboxylic acids is 1. The van der Waals surface area contributed by atoms with Crippen molar-refractivity contribution in [2.24, 2.45) is 7.05 Å². The molecular formula is C11H14N6O4. The van der Waals surface area contributed by atoms with Crippen molar-refractivity contribution in [3.05, 3.63) is 30.2 Å². The summed E-state index contributed by atoms with van der Waals surface area (Å²) in [5.74, 6) is -0.714. The summed E-state index contributed by atoms with van der Waals surface area (Å²) >= 11 is 0. The first-order valence-electron chi connectivity index (χ1n) is 6.07. The molecule has 2 rings (SSSR count). The maximum absolute atomic E-state index is 11.7. The van der Waals surface area contributed by atoms with Crippen LogP contribution in [-0.4, -0.2) is 43.6 Å². The van der Waals surface area contributed by atoms with Gasteiger partial charge in [0.1, 0.15) is 0 Å². The third-order valence-corrected chi connectivity index (χ3v) is 2.62. The van der Waals surface area contributed by atoms with Crippen LogP contribution in [0.3, 0.4) is 0 Å². The highest BCUT2D eigenvalue weighted by molar-refractivity contribution is 5.83. The highest BCUT2D eigenvalue weighted by Gasteiger charge is 2.23. The lowest BCUT2D eigenvalue weighted by Crippen LogP contribution is -2.41. The molecular weight excluding hydrogens is 280 g/mol. The number of carbonyl (C=O) groups excluding carboxylic acids is 1. The minimum atomic E-state index is -1.17. The van der Waals surface area contributed by atoms with Crippen molar-refractivity contribution in [2.45, 2.75) is 12.5 Å². The summed E-state index contributed by atoms with van der Waals surface area (Å²) < 4.78 is 6.01. The van der Waals surface area contributed by atoms with Gasteiger partial charge in [0.25, 0.3) is 0 Å². The summed E-state index contributed by atoms with van der Waals surface area (Å²) in [6.45, 7) is 0.255. The first kappa shape index (κ1) is 14.5. The third-order valence-electron chi connectivity index (χ3n) is 2.62. The Kier molecular flexibility index (Phi) is 4.49. The SMILES string of the molecule is Cn1cc(C(NC(=O)NCCc2ncon2)C(=O)O)cn1. The van der Waals surface area contributed by atoms with Crippen molar-refractivity contribution in [3.8, 4) is 0 Å². The standard InChI is InChI=1S/C11H14N6O4/c1-17-5-7(4-14-17)9(10(18)19)15-11(20)12-3-2-8-13-6-21-16-8/h4-6,9H,2-3H2,1H3,(H,18,19)(H2,12,15,20). The molecule has 112 valence electrons. The lowest BCUT2D eigenvalue weighted by atomic mass is 10.1. The van der Waals surface area contributed by atoms with Crippen LogP contribution in [0.2, 0.25) is 0 Å². The summed E-state index contributed by atoms with van der Waals surface area (Å²) in [5, 5.41) is 21.5. The van der Waals surface area contributed by atoms with Crippen molar-refractivity contribution < 1.29 is 19.2 Å². The Hall–Kier alpha value is -2.91. The van der Waals surface area contributed by atoms with E-state index >= 15 is 0 Å². The Balaban J connectivity index is 1.85. The smallest absolute Gasteiger partial charge is 0.331 e. The lowest BCUT2D eigenvalue weighted by Gasteiger charge is -2.13. The zero-order chi connectivity index (χ0) is 15.2. The van der Waals surface area contributed by atoms with Crippen LogP contribution in [0.4, 0.5) is 4.79 Å². The molecule has 0 saturated carbocycles. The molecule has 1 unspecified atom stereocenters. The van der Waals surface area contributed by atoms with E-state index < -0.39 is 18.0 Å². The first-order valence-corrected chi connectivity index (χ1v) is 6.07. The largest absolute Gasteiger partial charge is 0.479 e. The molecule has 0 bridgehead atoms. The average molecular weight is 294 g/mol. The fourth-order valence-corrected chi connectivity index (χ4v) is 1.65. The minimum absolute atomic E-state index is 0.255. The van der Waals surface area contributed by atoms with Crippen LogP contribution in [0.15, 0.2) is 23.3 Å². The van der Waals surface area contributed by atoms with E-state index in [1.54, 1.807) is 7.05 Å². The van der Waals surface area contributed by atoms with Crippen LogP contribution in [0.25, 0.3) is 0 Å². The number of aromatic nitrogens is 4. The number of nitrogens with one attached hydrogen (secondary N) is 2. The Morgan fingerprint density at radius 1 is 1.52 bits per heavy atom. The quantitative estimate of drug-likeness (QED) is 0.651. The number of rotatable bonds is 6. The third kappa shape index (κ3) is 4.03. The van der Waals surface area contributed by atoms with E-state index in [1.807, 2.05) is 0 Å². The highest BCUT2D eigenvalue weighted by atomic mass is 16.5. The van der Waals surface area contributed by atoms with Crippen LogP contribution in [0, 0.1) is 0 Å². The Morgan fingerprint density at radius 3 is 2.90 bits per heavy atom. The normalized spacial score (nSPS) is 11.9. The molecule has 0 spiro atoms. The number of carbonyl (C=O) groups is 2. The van der Waals surface area contributed by atoms with E-state index in [1.165, 1.54) is 23.5 Å². The monoisotopic (exact) mass is 294 g/mol. The molecule has 3 N–H and O–H groups in total. The van der Waals surface area contributed by atoms with Crippen LogP contribution >= 0.6 is 0 Å². The molecule has 0 aliphatic rings. The topological polar surface area (TPSA) is 135 Å². The zero-order valence-electron chi connectivity index (χ0n) is 11.2. The summed E-state index contributed by atoms with van der Waals surface area (Å²) in [5.41, 5.74) is 0.387. The number of aryl methyl sites for hydroxylation is 1. The van der Waals surface area contributed by atoms with Gasteiger partial charge in [-0.3, -0.25) is 4.68 Å². The molecule has 0 fully saturated rings. The van der Waals surface area contributed by atoms with Gasteiger partial charge < -0.3 is 20.3 Å². The first-order chi connectivity index (χ1) is 10.1. The molecule has 0 radical (unpaired) electrons. The second kappa shape index (κ2) is 6.50. The zero-order valence-corrected chi connectivity index (χ0v) is 11.2. The molecule has 2 amide bonds. The van der Waals surface area contributed by atoms with Crippen molar-refractivity contribution in [1.82, 2.24) is 30.6 Å². The summed E-state index contributed by atoms with van der Waals surface area (Å²) in [6.07, 6.45) is 4.49. The minimum Gasteiger partial charge on any atom is -0.479 e. The molecule has 2 aromatic heterocycles. The predicted molar refractivity (Wildman–Crippen MR) is 68.1 cm³/mol. The number of hydrogen-bond donors (Lipinski definition) is 3. The fourth-order valence-electron chi connectivity index (χ4n) is 1.65. The van der Waals surface area contributed by atoms with Crippen LogP contribution < -0.4 is 10.6 Å². The van der Waals surface area contributed by atoms with Crippen molar-refractivity contribution in [1.29, 1.82) is 0 Å². The fraction of sp³-hybridized carbons (Fsp3) is 0.364. The molecule has 0 aromatic carbocycles. The molecule has 2 aromatic rings. The second-order valence-electron chi connectivity index (χ2n) is 4.22. The van der Waals surface area contributed by atoms with Crippen LogP contribution in [0.5, 0.6) is 0 Å². The average Bonchev–Trinajstić information content (AvgIpc) is 3.07.